The van der Waals surface area contributed by atoms with Crippen molar-refractivity contribution < 1.29 is 23.8 Å². The number of carbonyl (C=O) groups is 2. The largest absolute Gasteiger partial charge is 0.493 e. The third kappa shape index (κ3) is 6.64. The number of anilines is 1. The van der Waals surface area contributed by atoms with Crippen molar-refractivity contribution in [2.24, 2.45) is 0 Å². The van der Waals surface area contributed by atoms with Crippen molar-refractivity contribution in [3.05, 3.63) is 58.1 Å². The van der Waals surface area contributed by atoms with Gasteiger partial charge < -0.3 is 19.5 Å². The number of hydrogen-bond acceptors (Lipinski definition) is 5. The van der Waals surface area contributed by atoms with Gasteiger partial charge in [-0.05, 0) is 64.3 Å². The lowest BCUT2D eigenvalue weighted by Crippen LogP contribution is -2.10. The number of ether oxygens (including phenoxy) is 3. The zero-order valence-corrected chi connectivity index (χ0v) is 18.2. The van der Waals surface area contributed by atoms with Gasteiger partial charge in [-0.1, -0.05) is 19.4 Å². The van der Waals surface area contributed by atoms with Crippen LogP contribution in [0.3, 0.4) is 0 Å². The average molecular weight is 462 g/mol. The van der Waals surface area contributed by atoms with Crippen LogP contribution in [0.2, 0.25) is 0 Å². The van der Waals surface area contributed by atoms with Gasteiger partial charge in [-0.15, -0.1) is 0 Å². The molecule has 0 aliphatic carbocycles. The van der Waals surface area contributed by atoms with E-state index in [0.29, 0.717) is 33.8 Å². The van der Waals surface area contributed by atoms with Gasteiger partial charge in [0.1, 0.15) is 0 Å². The number of unbranched alkanes of at least 4 members (excludes halogenated alkanes) is 1. The zero-order chi connectivity index (χ0) is 21.2. The second-order valence-corrected chi connectivity index (χ2v) is 6.99. The standard InChI is InChI=1S/C22H24BrNO5/c1-4-5-11-29-22(26)16-7-6-8-17(14-16)24-20(25)10-9-15-12-18(23)21(28-3)19(13-15)27-2/h6-10,12-14H,4-5,11H2,1-3H3,(H,24,25)/b10-9+. The molecule has 2 aromatic carbocycles. The number of hydrogen-bond donors (Lipinski definition) is 1. The average Bonchev–Trinajstić information content (AvgIpc) is 2.72. The maximum absolute atomic E-state index is 12.3. The van der Waals surface area contributed by atoms with Gasteiger partial charge in [0.25, 0.3) is 0 Å². The third-order valence-corrected chi connectivity index (χ3v) is 4.57. The molecule has 0 aliphatic heterocycles. The van der Waals surface area contributed by atoms with Crippen molar-refractivity contribution in [2.45, 2.75) is 19.8 Å². The summed E-state index contributed by atoms with van der Waals surface area (Å²) >= 11 is 3.42. The van der Waals surface area contributed by atoms with E-state index in [0.717, 1.165) is 18.4 Å². The lowest BCUT2D eigenvalue weighted by atomic mass is 10.1. The van der Waals surface area contributed by atoms with Crippen LogP contribution < -0.4 is 14.8 Å². The minimum atomic E-state index is -0.403. The summed E-state index contributed by atoms with van der Waals surface area (Å²) in [6, 6.07) is 10.2. The summed E-state index contributed by atoms with van der Waals surface area (Å²) in [5.74, 6) is 0.403. The molecule has 2 rings (SSSR count). The van der Waals surface area contributed by atoms with E-state index in [2.05, 4.69) is 21.2 Å². The molecule has 0 aromatic heterocycles. The molecule has 7 heteroatoms. The van der Waals surface area contributed by atoms with Crippen molar-refractivity contribution in [3.8, 4) is 11.5 Å². The SMILES string of the molecule is CCCCOC(=O)c1cccc(NC(=O)/C=C/c2cc(Br)c(OC)c(OC)c2)c1. The Bertz CT molecular complexity index is 895. The van der Waals surface area contributed by atoms with Crippen molar-refractivity contribution in [2.75, 3.05) is 26.1 Å². The number of amides is 1. The molecule has 0 saturated heterocycles. The Morgan fingerprint density at radius 1 is 1.14 bits per heavy atom. The maximum Gasteiger partial charge on any atom is 0.338 e. The normalized spacial score (nSPS) is 10.6. The van der Waals surface area contributed by atoms with Crippen molar-refractivity contribution in [1.29, 1.82) is 0 Å². The lowest BCUT2D eigenvalue weighted by Gasteiger charge is -2.10. The van der Waals surface area contributed by atoms with Crippen LogP contribution in [-0.4, -0.2) is 32.7 Å². The monoisotopic (exact) mass is 461 g/mol. The molecule has 29 heavy (non-hydrogen) atoms. The smallest absolute Gasteiger partial charge is 0.338 e. The van der Waals surface area contributed by atoms with Gasteiger partial charge in [0.2, 0.25) is 5.91 Å². The highest BCUT2D eigenvalue weighted by atomic mass is 79.9. The van der Waals surface area contributed by atoms with E-state index in [1.54, 1.807) is 50.6 Å². The first-order valence-corrected chi connectivity index (χ1v) is 9.95. The van der Waals surface area contributed by atoms with E-state index < -0.39 is 5.97 Å². The van der Waals surface area contributed by atoms with E-state index >= 15 is 0 Å². The number of nitrogens with one attached hydrogen (secondary N) is 1. The molecule has 0 aliphatic rings. The predicted molar refractivity (Wildman–Crippen MR) is 117 cm³/mol. The number of esters is 1. The number of carbonyl (C=O) groups excluding carboxylic acids is 2. The fraction of sp³-hybridized carbons (Fsp3) is 0.273. The molecule has 1 N–H and O–H groups in total. The van der Waals surface area contributed by atoms with Gasteiger partial charge in [-0.25, -0.2) is 4.79 Å². The van der Waals surface area contributed by atoms with Crippen molar-refractivity contribution in [1.82, 2.24) is 0 Å². The van der Waals surface area contributed by atoms with Gasteiger partial charge in [-0.2, -0.15) is 0 Å². The molecule has 0 atom stereocenters. The minimum absolute atomic E-state index is 0.326. The van der Waals surface area contributed by atoms with Crippen LogP contribution in [0.4, 0.5) is 5.69 Å². The molecule has 0 heterocycles. The van der Waals surface area contributed by atoms with Crippen LogP contribution in [0.25, 0.3) is 6.08 Å². The fourth-order valence-electron chi connectivity index (χ4n) is 2.51. The number of halogens is 1. The molecule has 0 unspecified atom stereocenters. The summed E-state index contributed by atoms with van der Waals surface area (Å²) in [6.07, 6.45) is 4.83. The van der Waals surface area contributed by atoms with Gasteiger partial charge in [-0.3, -0.25) is 4.79 Å². The van der Waals surface area contributed by atoms with E-state index in [9.17, 15) is 9.59 Å². The molecule has 0 bridgehead atoms. The lowest BCUT2D eigenvalue weighted by molar-refractivity contribution is -0.111. The van der Waals surface area contributed by atoms with Crippen LogP contribution in [0.1, 0.15) is 35.7 Å². The Morgan fingerprint density at radius 3 is 2.62 bits per heavy atom. The minimum Gasteiger partial charge on any atom is -0.493 e. The molecular formula is C22H24BrNO5. The molecule has 0 spiro atoms. The van der Waals surface area contributed by atoms with Crippen LogP contribution >= 0.6 is 15.9 Å². The highest BCUT2D eigenvalue weighted by Gasteiger charge is 2.10. The first-order chi connectivity index (χ1) is 14.0. The van der Waals surface area contributed by atoms with Gasteiger partial charge >= 0.3 is 5.97 Å². The van der Waals surface area contributed by atoms with E-state index in [4.69, 9.17) is 14.2 Å². The Morgan fingerprint density at radius 2 is 1.93 bits per heavy atom. The Kier molecular flexibility index (Phi) is 8.73. The summed E-state index contributed by atoms with van der Waals surface area (Å²) in [7, 11) is 3.10. The first-order valence-electron chi connectivity index (χ1n) is 9.16. The van der Waals surface area contributed by atoms with E-state index in [1.807, 2.05) is 13.0 Å². The van der Waals surface area contributed by atoms with Gasteiger partial charge in [0.05, 0.1) is 30.9 Å². The third-order valence-electron chi connectivity index (χ3n) is 3.98. The summed E-state index contributed by atoms with van der Waals surface area (Å²) in [4.78, 5) is 24.3. The molecule has 0 fully saturated rings. The maximum atomic E-state index is 12.3. The Hall–Kier alpha value is -2.80. The van der Waals surface area contributed by atoms with Crippen molar-refractivity contribution in [3.63, 3.8) is 0 Å². The molecule has 6 nitrogen and oxygen atoms in total. The fourth-order valence-corrected chi connectivity index (χ4v) is 3.13. The highest BCUT2D eigenvalue weighted by Crippen LogP contribution is 2.36. The highest BCUT2D eigenvalue weighted by molar-refractivity contribution is 9.10. The topological polar surface area (TPSA) is 73.9 Å². The molecule has 0 radical (unpaired) electrons. The van der Waals surface area contributed by atoms with Gasteiger partial charge in [0, 0.05) is 11.8 Å². The first kappa shape index (κ1) is 22.5. The second-order valence-electron chi connectivity index (χ2n) is 6.13. The summed E-state index contributed by atoms with van der Waals surface area (Å²) in [5.41, 5.74) is 1.67. The molecule has 0 saturated carbocycles. The molecular weight excluding hydrogens is 438 g/mol. The van der Waals surface area contributed by atoms with Crippen LogP contribution in [0.5, 0.6) is 11.5 Å². The van der Waals surface area contributed by atoms with Gasteiger partial charge in [0.15, 0.2) is 11.5 Å². The summed E-state index contributed by atoms with van der Waals surface area (Å²) < 4.78 is 16.5. The Balaban J connectivity index is 2.05. The molecule has 154 valence electrons. The second kappa shape index (κ2) is 11.3. The zero-order valence-electron chi connectivity index (χ0n) is 16.7. The van der Waals surface area contributed by atoms with E-state index in [1.165, 1.54) is 6.08 Å². The summed E-state index contributed by atoms with van der Waals surface area (Å²) in [5, 5.41) is 2.74. The summed E-state index contributed by atoms with van der Waals surface area (Å²) in [6.45, 7) is 2.41. The number of rotatable bonds is 9. The van der Waals surface area contributed by atoms with E-state index in [-0.39, 0.29) is 5.91 Å². The quantitative estimate of drug-likeness (QED) is 0.320. The molecule has 1 amide bonds. The predicted octanol–water partition coefficient (Wildman–Crippen LogP) is 5.08. The number of methoxy groups -OCH3 is 2. The van der Waals surface area contributed by atoms with Crippen molar-refractivity contribution >= 4 is 39.6 Å². The van der Waals surface area contributed by atoms with Crippen LogP contribution in [-0.2, 0) is 9.53 Å². The molecule has 2 aromatic rings. The van der Waals surface area contributed by atoms with Crippen LogP contribution in [0.15, 0.2) is 46.9 Å². The van der Waals surface area contributed by atoms with Crippen LogP contribution in [0, 0.1) is 0 Å². The number of benzene rings is 2. The Labute approximate surface area is 179 Å².